The van der Waals surface area contributed by atoms with E-state index in [1.54, 1.807) is 0 Å². The molecule has 0 aromatic heterocycles. The number of hydrogen-bond donors (Lipinski definition) is 1. The molecule has 1 aromatic rings. The third-order valence-electron chi connectivity index (χ3n) is 3.16. The van der Waals surface area contributed by atoms with Gasteiger partial charge < -0.3 is 5.32 Å². The number of carbonyl (C=O) groups is 1. The van der Waals surface area contributed by atoms with E-state index in [0.29, 0.717) is 18.3 Å². The molecule has 1 aromatic carbocycles. The van der Waals surface area contributed by atoms with Crippen molar-refractivity contribution >= 4 is 5.91 Å². The molecular weight excluding hydrogens is 210 g/mol. The van der Waals surface area contributed by atoms with Gasteiger partial charge in [-0.3, -0.25) is 4.79 Å². The van der Waals surface area contributed by atoms with Crippen molar-refractivity contribution in [1.82, 2.24) is 5.32 Å². The molecule has 0 heterocycles. The zero-order valence-electron chi connectivity index (χ0n) is 10.6. The van der Waals surface area contributed by atoms with Crippen LogP contribution in [0.5, 0.6) is 0 Å². The highest BCUT2D eigenvalue weighted by Gasteiger charge is 2.33. The van der Waals surface area contributed by atoms with Crippen LogP contribution in [0.2, 0.25) is 0 Å². The maximum absolute atomic E-state index is 11.9. The van der Waals surface area contributed by atoms with Gasteiger partial charge in [0.15, 0.2) is 0 Å². The monoisotopic (exact) mass is 231 g/mol. The first-order valence-corrected chi connectivity index (χ1v) is 6.51. The molecule has 92 valence electrons. The highest BCUT2D eigenvalue weighted by Crippen LogP contribution is 2.40. The molecule has 0 spiro atoms. The van der Waals surface area contributed by atoms with Gasteiger partial charge in [0.05, 0.1) is 6.04 Å². The fourth-order valence-corrected chi connectivity index (χ4v) is 2.17. The van der Waals surface area contributed by atoms with Crippen LogP contribution in [-0.2, 0) is 4.79 Å². The Morgan fingerprint density at radius 1 is 1.29 bits per heavy atom. The van der Waals surface area contributed by atoms with Crippen molar-refractivity contribution in [3.05, 3.63) is 35.9 Å². The second-order valence-corrected chi connectivity index (χ2v) is 5.39. The minimum atomic E-state index is 0.181. The summed E-state index contributed by atoms with van der Waals surface area (Å²) in [6.07, 6.45) is 3.10. The topological polar surface area (TPSA) is 29.1 Å². The van der Waals surface area contributed by atoms with Gasteiger partial charge in [-0.05, 0) is 30.2 Å². The SMILES string of the molecule is CC(C)CC(=O)NC(c1ccccc1)C1CC1. The fourth-order valence-electron chi connectivity index (χ4n) is 2.17. The van der Waals surface area contributed by atoms with Crippen LogP contribution in [-0.4, -0.2) is 5.91 Å². The average molecular weight is 231 g/mol. The van der Waals surface area contributed by atoms with Crippen LogP contribution in [0.1, 0.15) is 44.7 Å². The molecule has 17 heavy (non-hydrogen) atoms. The van der Waals surface area contributed by atoms with E-state index in [0.717, 1.165) is 0 Å². The van der Waals surface area contributed by atoms with Gasteiger partial charge in [0.1, 0.15) is 0 Å². The third-order valence-corrected chi connectivity index (χ3v) is 3.16. The highest BCUT2D eigenvalue weighted by atomic mass is 16.1. The highest BCUT2D eigenvalue weighted by molar-refractivity contribution is 5.76. The lowest BCUT2D eigenvalue weighted by Crippen LogP contribution is -2.30. The van der Waals surface area contributed by atoms with Gasteiger partial charge in [-0.25, -0.2) is 0 Å². The summed E-state index contributed by atoms with van der Waals surface area (Å²) >= 11 is 0. The molecule has 1 fully saturated rings. The Hall–Kier alpha value is -1.31. The lowest BCUT2D eigenvalue weighted by molar-refractivity contribution is -0.122. The van der Waals surface area contributed by atoms with E-state index in [2.05, 4.69) is 31.3 Å². The summed E-state index contributed by atoms with van der Waals surface area (Å²) in [5, 5.41) is 3.19. The second-order valence-electron chi connectivity index (χ2n) is 5.39. The van der Waals surface area contributed by atoms with Crippen molar-refractivity contribution in [1.29, 1.82) is 0 Å². The van der Waals surface area contributed by atoms with E-state index in [1.807, 2.05) is 18.2 Å². The van der Waals surface area contributed by atoms with Crippen LogP contribution in [0.4, 0.5) is 0 Å². The Bertz CT molecular complexity index is 368. The molecule has 2 heteroatoms. The summed E-state index contributed by atoms with van der Waals surface area (Å²) in [6.45, 7) is 4.16. The van der Waals surface area contributed by atoms with Crippen LogP contribution < -0.4 is 5.32 Å². The molecule has 1 unspecified atom stereocenters. The molecule has 2 rings (SSSR count). The van der Waals surface area contributed by atoms with Gasteiger partial charge in [0, 0.05) is 6.42 Å². The van der Waals surface area contributed by atoms with Crippen molar-refractivity contribution in [2.75, 3.05) is 0 Å². The number of rotatable bonds is 5. The lowest BCUT2D eigenvalue weighted by atomic mass is 10.0. The normalized spacial score (nSPS) is 16.9. The summed E-state index contributed by atoms with van der Waals surface area (Å²) in [7, 11) is 0. The molecule has 1 atom stereocenters. The predicted octanol–water partition coefficient (Wildman–Crippen LogP) is 3.30. The number of benzene rings is 1. The quantitative estimate of drug-likeness (QED) is 0.827. The summed E-state index contributed by atoms with van der Waals surface area (Å²) in [6, 6.07) is 10.5. The van der Waals surface area contributed by atoms with E-state index in [4.69, 9.17) is 0 Å². The number of nitrogens with one attached hydrogen (secondary N) is 1. The molecule has 1 saturated carbocycles. The Morgan fingerprint density at radius 3 is 2.47 bits per heavy atom. The predicted molar refractivity (Wildman–Crippen MR) is 69.5 cm³/mol. The van der Waals surface area contributed by atoms with Crippen molar-refractivity contribution in [3.8, 4) is 0 Å². The minimum Gasteiger partial charge on any atom is -0.349 e. The number of amides is 1. The van der Waals surface area contributed by atoms with Crippen molar-refractivity contribution in [3.63, 3.8) is 0 Å². The van der Waals surface area contributed by atoms with Crippen LogP contribution in [0, 0.1) is 11.8 Å². The number of carbonyl (C=O) groups excluding carboxylic acids is 1. The molecule has 2 nitrogen and oxygen atoms in total. The van der Waals surface area contributed by atoms with Crippen LogP contribution in [0.15, 0.2) is 30.3 Å². The van der Waals surface area contributed by atoms with E-state index in [1.165, 1.54) is 18.4 Å². The zero-order valence-corrected chi connectivity index (χ0v) is 10.6. The van der Waals surface area contributed by atoms with E-state index < -0.39 is 0 Å². The smallest absolute Gasteiger partial charge is 0.220 e. The summed E-state index contributed by atoms with van der Waals surface area (Å²) in [5.74, 6) is 1.25. The Labute approximate surface area is 103 Å². The maximum Gasteiger partial charge on any atom is 0.220 e. The van der Waals surface area contributed by atoms with Gasteiger partial charge in [-0.2, -0.15) is 0 Å². The van der Waals surface area contributed by atoms with Crippen molar-refractivity contribution in [2.24, 2.45) is 11.8 Å². The second kappa shape index (κ2) is 5.35. The Kier molecular flexibility index (Phi) is 3.82. The molecular formula is C15H21NO. The first-order valence-electron chi connectivity index (χ1n) is 6.51. The molecule has 0 aliphatic heterocycles. The largest absolute Gasteiger partial charge is 0.349 e. The van der Waals surface area contributed by atoms with E-state index >= 15 is 0 Å². The van der Waals surface area contributed by atoms with Crippen LogP contribution in [0.25, 0.3) is 0 Å². The van der Waals surface area contributed by atoms with E-state index in [-0.39, 0.29) is 11.9 Å². The first-order chi connectivity index (χ1) is 8.16. The lowest BCUT2D eigenvalue weighted by Gasteiger charge is -2.19. The van der Waals surface area contributed by atoms with Gasteiger partial charge in [0.25, 0.3) is 0 Å². The van der Waals surface area contributed by atoms with Crippen molar-refractivity contribution < 1.29 is 4.79 Å². The average Bonchev–Trinajstić information content (AvgIpc) is 3.10. The maximum atomic E-state index is 11.9. The van der Waals surface area contributed by atoms with Crippen LogP contribution in [0.3, 0.4) is 0 Å². The van der Waals surface area contributed by atoms with Gasteiger partial charge >= 0.3 is 0 Å². The minimum absolute atomic E-state index is 0.181. The van der Waals surface area contributed by atoms with E-state index in [9.17, 15) is 4.79 Å². The Morgan fingerprint density at radius 2 is 1.94 bits per heavy atom. The fraction of sp³-hybridized carbons (Fsp3) is 0.533. The molecule has 1 N–H and O–H groups in total. The molecule has 1 aliphatic carbocycles. The van der Waals surface area contributed by atoms with Gasteiger partial charge in [-0.1, -0.05) is 44.2 Å². The molecule has 0 bridgehead atoms. The van der Waals surface area contributed by atoms with Gasteiger partial charge in [0.2, 0.25) is 5.91 Å². The van der Waals surface area contributed by atoms with Crippen LogP contribution >= 0.6 is 0 Å². The summed E-state index contributed by atoms with van der Waals surface area (Å²) in [5.41, 5.74) is 1.24. The van der Waals surface area contributed by atoms with Crippen molar-refractivity contribution in [2.45, 2.75) is 39.2 Å². The third kappa shape index (κ3) is 3.58. The van der Waals surface area contributed by atoms with Gasteiger partial charge in [-0.15, -0.1) is 0 Å². The zero-order chi connectivity index (χ0) is 12.3. The summed E-state index contributed by atoms with van der Waals surface area (Å²) < 4.78 is 0. The molecule has 1 amide bonds. The number of hydrogen-bond acceptors (Lipinski definition) is 1. The Balaban J connectivity index is 2.01. The molecule has 0 radical (unpaired) electrons. The first kappa shape index (κ1) is 12.2. The molecule has 0 saturated heterocycles. The summed E-state index contributed by atoms with van der Waals surface area (Å²) in [4.78, 5) is 11.9. The molecule has 1 aliphatic rings. The standard InChI is InChI=1S/C15H21NO/c1-11(2)10-14(17)16-15(13-8-9-13)12-6-4-3-5-7-12/h3-7,11,13,15H,8-10H2,1-2H3,(H,16,17).